The quantitative estimate of drug-likeness (QED) is 0.587. The van der Waals surface area contributed by atoms with Crippen LogP contribution in [0.1, 0.15) is 32.3 Å². The third-order valence-corrected chi connectivity index (χ3v) is 5.84. The second-order valence-corrected chi connectivity index (χ2v) is 9.93. The maximum absolute atomic E-state index is 12.9. The minimum absolute atomic E-state index is 0.0258. The van der Waals surface area contributed by atoms with E-state index in [-0.39, 0.29) is 16.2 Å². The lowest BCUT2D eigenvalue weighted by Gasteiger charge is -2.33. The fourth-order valence-electron chi connectivity index (χ4n) is 3.38. The summed E-state index contributed by atoms with van der Waals surface area (Å²) in [5.41, 5.74) is 2.47. The molecular formula is C21H24N4O3S2. The first-order valence-corrected chi connectivity index (χ1v) is 11.3. The van der Waals surface area contributed by atoms with Gasteiger partial charge in [0.2, 0.25) is 0 Å². The number of carbonyl (C=O) groups is 1. The summed E-state index contributed by atoms with van der Waals surface area (Å²) in [6, 6.07) is 12.5. The number of sulfonamides is 1. The van der Waals surface area contributed by atoms with E-state index in [1.165, 1.54) is 12.3 Å². The van der Waals surface area contributed by atoms with Gasteiger partial charge < -0.3 is 10.6 Å². The molecule has 1 heterocycles. The third-order valence-electron chi connectivity index (χ3n) is 4.73. The molecule has 0 saturated carbocycles. The van der Waals surface area contributed by atoms with Gasteiger partial charge in [-0.3, -0.25) is 4.79 Å². The van der Waals surface area contributed by atoms with Crippen LogP contribution in [0.2, 0.25) is 0 Å². The van der Waals surface area contributed by atoms with E-state index in [4.69, 9.17) is 17.4 Å². The highest BCUT2D eigenvalue weighted by atomic mass is 32.2. The van der Waals surface area contributed by atoms with Gasteiger partial charge in [0.15, 0.2) is 10.8 Å². The minimum Gasteiger partial charge on any atom is -0.384 e. The molecule has 0 atom stereocenters. The van der Waals surface area contributed by atoms with Crippen molar-refractivity contribution in [1.29, 1.82) is 0 Å². The molecule has 9 heteroatoms. The van der Waals surface area contributed by atoms with Crippen LogP contribution in [0.25, 0.3) is 0 Å². The Morgan fingerprint density at radius 1 is 1.20 bits per heavy atom. The molecule has 0 radical (unpaired) electrons. The van der Waals surface area contributed by atoms with E-state index >= 15 is 0 Å². The van der Waals surface area contributed by atoms with E-state index in [0.29, 0.717) is 35.5 Å². The number of hydrogen-bond acceptors (Lipinski definition) is 6. The van der Waals surface area contributed by atoms with E-state index in [0.717, 1.165) is 11.4 Å². The van der Waals surface area contributed by atoms with Crippen molar-refractivity contribution >= 4 is 38.7 Å². The molecule has 3 rings (SSSR count). The number of hydrogen-bond donors (Lipinski definition) is 3. The largest absolute Gasteiger partial charge is 0.384 e. The predicted molar refractivity (Wildman–Crippen MR) is 120 cm³/mol. The summed E-state index contributed by atoms with van der Waals surface area (Å²) >= 11 is 5.55. The lowest BCUT2D eigenvalue weighted by Crippen LogP contribution is -2.35. The lowest BCUT2D eigenvalue weighted by atomic mass is 9.75. The van der Waals surface area contributed by atoms with E-state index in [1.807, 2.05) is 44.2 Å². The van der Waals surface area contributed by atoms with Crippen LogP contribution in [-0.2, 0) is 21.4 Å². The lowest BCUT2D eigenvalue weighted by molar-refractivity contribution is -0.117. The van der Waals surface area contributed by atoms with Crippen molar-refractivity contribution in [2.45, 2.75) is 38.3 Å². The molecule has 158 valence electrons. The first kappa shape index (κ1) is 22.1. The molecule has 0 bridgehead atoms. The minimum atomic E-state index is -3.89. The Kier molecular flexibility index (Phi) is 6.35. The summed E-state index contributed by atoms with van der Waals surface area (Å²) in [6.45, 7) is 4.37. The Labute approximate surface area is 181 Å². The van der Waals surface area contributed by atoms with Gasteiger partial charge in [-0.1, -0.05) is 44.3 Å². The maximum Gasteiger partial charge on any atom is 0.255 e. The molecule has 1 aromatic carbocycles. The Bertz CT molecular complexity index is 1110. The highest BCUT2D eigenvalue weighted by Gasteiger charge is 2.34. The van der Waals surface area contributed by atoms with Gasteiger partial charge in [0, 0.05) is 30.5 Å². The van der Waals surface area contributed by atoms with E-state index in [2.05, 4.69) is 15.6 Å². The highest BCUT2D eigenvalue weighted by molar-refractivity contribution is 7.89. The number of para-hydroxylation sites is 1. The number of pyridine rings is 1. The van der Waals surface area contributed by atoms with Gasteiger partial charge in [-0.15, -0.1) is 0 Å². The number of nitrogens with one attached hydrogen (secondary N) is 2. The Morgan fingerprint density at radius 3 is 2.57 bits per heavy atom. The van der Waals surface area contributed by atoms with Gasteiger partial charge >= 0.3 is 0 Å². The third kappa shape index (κ3) is 5.50. The average molecular weight is 445 g/mol. The van der Waals surface area contributed by atoms with Crippen LogP contribution in [-0.4, -0.2) is 24.2 Å². The fraction of sp³-hybridized carbons (Fsp3) is 0.286. The molecule has 7 nitrogen and oxygen atoms in total. The number of rotatable bonds is 6. The first-order valence-electron chi connectivity index (χ1n) is 9.39. The smallest absolute Gasteiger partial charge is 0.255 e. The molecule has 0 amide bonds. The van der Waals surface area contributed by atoms with Crippen molar-refractivity contribution in [1.82, 2.24) is 10.3 Å². The molecule has 0 saturated heterocycles. The van der Waals surface area contributed by atoms with Gasteiger partial charge in [-0.05, 0) is 41.7 Å². The van der Waals surface area contributed by atoms with Gasteiger partial charge in [0.1, 0.15) is 4.99 Å². The van der Waals surface area contributed by atoms with Crippen molar-refractivity contribution in [3.8, 4) is 0 Å². The van der Waals surface area contributed by atoms with Gasteiger partial charge in [0.25, 0.3) is 10.0 Å². The van der Waals surface area contributed by atoms with Crippen LogP contribution in [0, 0.1) is 5.41 Å². The number of nitrogens with zero attached hydrogens (tertiary/aromatic N) is 1. The van der Waals surface area contributed by atoms with Crippen LogP contribution in [0.4, 0.5) is 5.69 Å². The summed E-state index contributed by atoms with van der Waals surface area (Å²) in [5.74, 6) is -0.0258. The molecule has 1 aliphatic carbocycles. The highest BCUT2D eigenvalue weighted by Crippen LogP contribution is 2.36. The molecule has 4 N–H and O–H groups in total. The molecule has 0 unspecified atom stereocenters. The number of aromatic nitrogens is 1. The topological polar surface area (TPSA) is 114 Å². The van der Waals surface area contributed by atoms with Gasteiger partial charge in [-0.2, -0.15) is 0 Å². The zero-order valence-corrected chi connectivity index (χ0v) is 18.4. The maximum atomic E-state index is 12.9. The average Bonchev–Trinajstić information content (AvgIpc) is 2.65. The zero-order chi connectivity index (χ0) is 21.9. The van der Waals surface area contributed by atoms with Crippen molar-refractivity contribution in [2.24, 2.45) is 10.6 Å². The number of ketones is 1. The van der Waals surface area contributed by atoms with E-state index < -0.39 is 10.0 Å². The predicted octanol–water partition coefficient (Wildman–Crippen LogP) is 2.90. The fourth-order valence-corrected chi connectivity index (χ4v) is 4.25. The van der Waals surface area contributed by atoms with Gasteiger partial charge in [-0.25, -0.2) is 18.5 Å². The van der Waals surface area contributed by atoms with Crippen LogP contribution in [0.3, 0.4) is 0 Å². The second kappa shape index (κ2) is 8.63. The van der Waals surface area contributed by atoms with Crippen LogP contribution in [0.15, 0.2) is 65.0 Å². The van der Waals surface area contributed by atoms with Crippen molar-refractivity contribution < 1.29 is 13.2 Å². The summed E-state index contributed by atoms with van der Waals surface area (Å²) < 4.78 is 23.1. The molecule has 0 spiro atoms. The van der Waals surface area contributed by atoms with Crippen LogP contribution < -0.4 is 15.8 Å². The van der Waals surface area contributed by atoms with E-state index in [1.54, 1.807) is 6.07 Å². The number of benzene rings is 1. The van der Waals surface area contributed by atoms with Gasteiger partial charge in [0.05, 0.1) is 5.57 Å². The monoisotopic (exact) mass is 444 g/mol. The zero-order valence-electron chi connectivity index (χ0n) is 16.8. The van der Waals surface area contributed by atoms with Crippen LogP contribution in [0.5, 0.6) is 0 Å². The number of thiocarbonyl (C=S) groups is 1. The van der Waals surface area contributed by atoms with Crippen molar-refractivity contribution in [3.05, 3.63) is 65.5 Å². The number of carbonyl (C=O) groups excluding carboxylic acids is 1. The standard InChI is InChI=1S/C21H24N4O3S2/c1-21(2)11-16(24-13-14-8-9-23-18(10-14)30(22,27)28)19(17(26)12-21)20(29)25-15-6-4-3-5-7-15/h3-10,24H,11-13H2,1-2H3,(H,25,29)(H2,22,27,28). The molecule has 0 aliphatic heterocycles. The molecular weight excluding hydrogens is 420 g/mol. The SMILES string of the molecule is CC1(C)CC(=O)C(C(=S)Nc2ccccc2)=C(NCc2ccnc(S(N)(=O)=O)c2)C1. The molecule has 1 aliphatic rings. The summed E-state index contributed by atoms with van der Waals surface area (Å²) in [6.07, 6.45) is 2.43. The summed E-state index contributed by atoms with van der Waals surface area (Å²) in [4.78, 5) is 17.1. The van der Waals surface area contributed by atoms with Crippen molar-refractivity contribution in [2.75, 3.05) is 5.32 Å². The number of allylic oxidation sites excluding steroid dienone is 1. The van der Waals surface area contributed by atoms with E-state index in [9.17, 15) is 13.2 Å². The Morgan fingerprint density at radius 2 is 1.90 bits per heavy atom. The number of primary sulfonamides is 1. The summed E-state index contributed by atoms with van der Waals surface area (Å²) in [7, 11) is -3.89. The first-order chi connectivity index (χ1) is 14.0. The summed E-state index contributed by atoms with van der Waals surface area (Å²) in [5, 5.41) is 11.4. The normalized spacial score (nSPS) is 16.3. The number of Topliss-reactive ketones (excluding diaryl/α,β-unsaturated/α-hetero) is 1. The molecule has 0 fully saturated rings. The molecule has 2 aromatic rings. The Balaban J connectivity index is 1.88. The number of anilines is 1. The van der Waals surface area contributed by atoms with Crippen LogP contribution >= 0.6 is 12.2 Å². The molecule has 30 heavy (non-hydrogen) atoms. The van der Waals surface area contributed by atoms with Crippen molar-refractivity contribution in [3.63, 3.8) is 0 Å². The second-order valence-electron chi connectivity index (χ2n) is 8.02. The number of nitrogens with two attached hydrogens (primary N) is 1. The Hall–Kier alpha value is -2.62. The molecule has 1 aromatic heterocycles.